The topological polar surface area (TPSA) is 73.0 Å². The minimum absolute atomic E-state index is 0.100. The van der Waals surface area contributed by atoms with Gasteiger partial charge in [0.2, 0.25) is 0 Å². The van der Waals surface area contributed by atoms with Crippen LogP contribution in [0.3, 0.4) is 0 Å². The molecule has 2 aromatic rings. The van der Waals surface area contributed by atoms with Crippen molar-refractivity contribution in [2.24, 2.45) is 0 Å². The standard InChI is InChI=1S/C17H23N5O2/c1-2-10-22-16(23)8-7-15(19-22)17(24)21-12-4-3-6-14(21)13-20-11-5-9-18-20/h5,7-9,11,14H,2-4,6,10,12-13H2,1H3/t14-/m0/s1. The zero-order valence-corrected chi connectivity index (χ0v) is 14.0. The number of hydrogen-bond acceptors (Lipinski definition) is 4. The zero-order chi connectivity index (χ0) is 16.9. The number of aryl methyl sites for hydroxylation is 1. The van der Waals surface area contributed by atoms with Gasteiger partial charge in [-0.15, -0.1) is 0 Å². The smallest absolute Gasteiger partial charge is 0.274 e. The largest absolute Gasteiger partial charge is 0.332 e. The quantitative estimate of drug-likeness (QED) is 0.834. The van der Waals surface area contributed by atoms with Crippen LogP contribution in [0.2, 0.25) is 0 Å². The summed E-state index contributed by atoms with van der Waals surface area (Å²) in [5.74, 6) is -0.100. The van der Waals surface area contributed by atoms with Crippen molar-refractivity contribution < 1.29 is 4.79 Å². The summed E-state index contributed by atoms with van der Waals surface area (Å²) in [4.78, 5) is 26.6. The van der Waals surface area contributed by atoms with Crippen LogP contribution in [-0.2, 0) is 13.1 Å². The summed E-state index contributed by atoms with van der Waals surface area (Å²) in [6, 6.07) is 4.97. The van der Waals surface area contributed by atoms with E-state index in [4.69, 9.17) is 0 Å². The van der Waals surface area contributed by atoms with Gasteiger partial charge in [0.05, 0.1) is 12.6 Å². The third kappa shape index (κ3) is 3.55. The lowest BCUT2D eigenvalue weighted by Crippen LogP contribution is -2.46. The van der Waals surface area contributed by atoms with E-state index in [1.165, 1.54) is 16.8 Å². The highest BCUT2D eigenvalue weighted by atomic mass is 16.2. The van der Waals surface area contributed by atoms with Gasteiger partial charge in [0.25, 0.3) is 11.5 Å². The summed E-state index contributed by atoms with van der Waals surface area (Å²) in [6.07, 6.45) is 7.53. The number of amides is 1. The summed E-state index contributed by atoms with van der Waals surface area (Å²) in [7, 11) is 0. The molecule has 0 spiro atoms. The van der Waals surface area contributed by atoms with Gasteiger partial charge in [0, 0.05) is 31.5 Å². The van der Waals surface area contributed by atoms with Gasteiger partial charge >= 0.3 is 0 Å². The van der Waals surface area contributed by atoms with Crippen LogP contribution in [0, 0.1) is 0 Å². The van der Waals surface area contributed by atoms with Crippen molar-refractivity contribution in [2.75, 3.05) is 6.54 Å². The van der Waals surface area contributed by atoms with E-state index >= 15 is 0 Å². The third-order valence-electron chi connectivity index (χ3n) is 4.37. The van der Waals surface area contributed by atoms with E-state index < -0.39 is 0 Å². The van der Waals surface area contributed by atoms with Crippen molar-refractivity contribution >= 4 is 5.91 Å². The van der Waals surface area contributed by atoms with Crippen molar-refractivity contribution in [3.05, 3.63) is 46.6 Å². The molecule has 0 N–H and O–H groups in total. The molecular formula is C17H23N5O2. The van der Waals surface area contributed by atoms with Gasteiger partial charge in [-0.05, 0) is 37.8 Å². The van der Waals surface area contributed by atoms with E-state index in [0.717, 1.165) is 32.2 Å². The predicted molar refractivity (Wildman–Crippen MR) is 89.7 cm³/mol. The molecule has 128 valence electrons. The van der Waals surface area contributed by atoms with Crippen molar-refractivity contribution in [3.63, 3.8) is 0 Å². The first-order chi connectivity index (χ1) is 11.7. The van der Waals surface area contributed by atoms with Gasteiger partial charge in [-0.3, -0.25) is 14.3 Å². The molecule has 1 saturated heterocycles. The summed E-state index contributed by atoms with van der Waals surface area (Å²) in [6.45, 7) is 3.91. The second kappa shape index (κ2) is 7.42. The van der Waals surface area contributed by atoms with Crippen LogP contribution in [0.1, 0.15) is 43.1 Å². The van der Waals surface area contributed by atoms with E-state index in [1.807, 2.05) is 28.8 Å². The van der Waals surface area contributed by atoms with Crippen LogP contribution in [0.25, 0.3) is 0 Å². The Labute approximate surface area is 140 Å². The van der Waals surface area contributed by atoms with Crippen LogP contribution in [0.15, 0.2) is 35.4 Å². The predicted octanol–water partition coefficient (Wildman–Crippen LogP) is 1.54. The molecule has 1 aliphatic rings. The molecule has 24 heavy (non-hydrogen) atoms. The number of aromatic nitrogens is 4. The van der Waals surface area contributed by atoms with Gasteiger partial charge in [-0.25, -0.2) is 4.68 Å². The summed E-state index contributed by atoms with van der Waals surface area (Å²) >= 11 is 0. The average molecular weight is 329 g/mol. The van der Waals surface area contributed by atoms with E-state index in [-0.39, 0.29) is 17.5 Å². The van der Waals surface area contributed by atoms with Gasteiger partial charge in [-0.1, -0.05) is 6.92 Å². The van der Waals surface area contributed by atoms with E-state index in [2.05, 4.69) is 10.2 Å². The molecule has 3 rings (SSSR count). The van der Waals surface area contributed by atoms with Crippen LogP contribution in [-0.4, -0.2) is 43.0 Å². The van der Waals surface area contributed by atoms with E-state index in [9.17, 15) is 9.59 Å². The molecule has 1 fully saturated rings. The Morgan fingerprint density at radius 2 is 2.21 bits per heavy atom. The molecule has 1 aliphatic heterocycles. The van der Waals surface area contributed by atoms with E-state index in [1.54, 1.807) is 6.20 Å². The molecule has 1 amide bonds. The Morgan fingerprint density at radius 1 is 1.33 bits per heavy atom. The Kier molecular flexibility index (Phi) is 5.08. The Bertz CT molecular complexity index is 738. The maximum absolute atomic E-state index is 12.9. The second-order valence-electron chi connectivity index (χ2n) is 6.16. The van der Waals surface area contributed by atoms with E-state index in [0.29, 0.717) is 18.8 Å². The number of carbonyl (C=O) groups is 1. The maximum atomic E-state index is 12.9. The highest BCUT2D eigenvalue weighted by Crippen LogP contribution is 2.20. The molecule has 7 heteroatoms. The number of hydrogen-bond donors (Lipinski definition) is 0. The average Bonchev–Trinajstić information content (AvgIpc) is 3.10. The van der Waals surface area contributed by atoms with Gasteiger partial charge in [-0.2, -0.15) is 10.2 Å². The fraction of sp³-hybridized carbons (Fsp3) is 0.529. The fourth-order valence-electron chi connectivity index (χ4n) is 3.16. The minimum atomic E-state index is -0.167. The molecule has 3 heterocycles. The summed E-state index contributed by atoms with van der Waals surface area (Å²) < 4.78 is 3.24. The number of carbonyl (C=O) groups excluding carboxylic acids is 1. The lowest BCUT2D eigenvalue weighted by atomic mass is 10.0. The third-order valence-corrected chi connectivity index (χ3v) is 4.37. The molecule has 0 aliphatic carbocycles. The number of nitrogens with zero attached hydrogens (tertiary/aromatic N) is 5. The Hall–Kier alpha value is -2.44. The van der Waals surface area contributed by atoms with Crippen LogP contribution in [0.4, 0.5) is 0 Å². The van der Waals surface area contributed by atoms with Gasteiger partial charge < -0.3 is 4.90 Å². The van der Waals surface area contributed by atoms with Crippen molar-refractivity contribution in [3.8, 4) is 0 Å². The first-order valence-electron chi connectivity index (χ1n) is 8.55. The van der Waals surface area contributed by atoms with Crippen LogP contribution in [0.5, 0.6) is 0 Å². The molecule has 0 aromatic carbocycles. The van der Waals surface area contributed by atoms with Crippen molar-refractivity contribution in [1.82, 2.24) is 24.5 Å². The Balaban J connectivity index is 1.81. The monoisotopic (exact) mass is 329 g/mol. The normalized spacial score (nSPS) is 17.9. The highest BCUT2D eigenvalue weighted by Gasteiger charge is 2.29. The molecule has 2 aromatic heterocycles. The molecule has 0 bridgehead atoms. The fourth-order valence-corrected chi connectivity index (χ4v) is 3.16. The van der Waals surface area contributed by atoms with Gasteiger partial charge in [0.1, 0.15) is 5.69 Å². The van der Waals surface area contributed by atoms with Crippen LogP contribution < -0.4 is 5.56 Å². The minimum Gasteiger partial charge on any atom is -0.332 e. The molecule has 0 radical (unpaired) electrons. The molecule has 1 atom stereocenters. The highest BCUT2D eigenvalue weighted by molar-refractivity contribution is 5.92. The maximum Gasteiger partial charge on any atom is 0.274 e. The second-order valence-corrected chi connectivity index (χ2v) is 6.16. The number of likely N-dealkylation sites (tertiary alicyclic amines) is 1. The van der Waals surface area contributed by atoms with Crippen molar-refractivity contribution in [2.45, 2.75) is 51.7 Å². The summed E-state index contributed by atoms with van der Waals surface area (Å²) in [5.41, 5.74) is 0.176. The lowest BCUT2D eigenvalue weighted by molar-refractivity contribution is 0.0575. The zero-order valence-electron chi connectivity index (χ0n) is 14.0. The van der Waals surface area contributed by atoms with Crippen molar-refractivity contribution in [1.29, 1.82) is 0 Å². The lowest BCUT2D eigenvalue weighted by Gasteiger charge is -2.35. The molecule has 0 unspecified atom stereocenters. The molecule has 7 nitrogen and oxygen atoms in total. The molecular weight excluding hydrogens is 306 g/mol. The Morgan fingerprint density at radius 3 is 2.96 bits per heavy atom. The van der Waals surface area contributed by atoms with Gasteiger partial charge in [0.15, 0.2) is 0 Å². The summed E-state index contributed by atoms with van der Waals surface area (Å²) in [5, 5.41) is 8.50. The first kappa shape index (κ1) is 16.4. The number of rotatable bonds is 5. The van der Waals surface area contributed by atoms with Crippen LogP contribution >= 0.6 is 0 Å². The number of piperidine rings is 1. The SMILES string of the molecule is CCCn1nc(C(=O)N2CCCC[C@H]2Cn2cccn2)ccc1=O. The molecule has 0 saturated carbocycles. The first-order valence-corrected chi connectivity index (χ1v) is 8.55.